The molecule has 1 heteroatoms. The second-order valence-corrected chi connectivity index (χ2v) is 22.4. The summed E-state index contributed by atoms with van der Waals surface area (Å²) in [5, 5.41) is 5.14. The molecule has 0 aromatic heterocycles. The molecule has 4 aliphatic rings. The maximum Gasteiger partial charge on any atom is 0.0544 e. The van der Waals surface area contributed by atoms with Gasteiger partial charge in [0.15, 0.2) is 0 Å². The number of benzene rings is 10. The Morgan fingerprint density at radius 1 is 0.347 bits per heavy atom. The van der Waals surface area contributed by atoms with E-state index >= 15 is 0 Å². The molecule has 0 radical (unpaired) electrons. The first-order chi connectivity index (χ1) is 35.0. The van der Waals surface area contributed by atoms with Crippen molar-refractivity contribution in [2.24, 2.45) is 0 Å². The summed E-state index contributed by atoms with van der Waals surface area (Å²) in [6.07, 6.45) is 8.33. The molecule has 0 fully saturated rings. The van der Waals surface area contributed by atoms with Crippen molar-refractivity contribution in [2.75, 3.05) is 4.90 Å². The number of nitrogens with zero attached hydrogens (tertiary/aromatic N) is 1. The lowest BCUT2D eigenvalue weighted by Gasteiger charge is -2.55. The van der Waals surface area contributed by atoms with Gasteiger partial charge in [-0.05, 0) is 135 Å². The highest BCUT2D eigenvalue weighted by Crippen LogP contribution is 2.67. The van der Waals surface area contributed by atoms with Crippen LogP contribution in [0.2, 0.25) is 0 Å². The van der Waals surface area contributed by atoms with E-state index < -0.39 is 0 Å². The summed E-state index contributed by atoms with van der Waals surface area (Å²) >= 11 is 0. The Balaban J connectivity index is 0.872. The molecule has 0 spiro atoms. The SMILES string of the molecule is CC1(C)c2cccc3c2N2c4c1cc(-c1ccc(-c5cccc6c(-c7ccccc7)cccc56)cc1)cc4C(C)(C)c1cc(C4C=CC(c5cccc6c(-c7ccccc7)cccc56)=CC4)cc(c12)C3(C)C. The zero-order chi connectivity index (χ0) is 48.7. The van der Waals surface area contributed by atoms with E-state index in [-0.39, 0.29) is 22.2 Å². The molecule has 0 N–H and O–H groups in total. The first kappa shape index (κ1) is 42.8. The average molecular weight is 924 g/mol. The molecule has 72 heavy (non-hydrogen) atoms. The molecule has 0 amide bonds. The van der Waals surface area contributed by atoms with Crippen LogP contribution in [0.25, 0.3) is 71.6 Å². The van der Waals surface area contributed by atoms with Crippen molar-refractivity contribution in [3.8, 4) is 44.5 Å². The van der Waals surface area contributed by atoms with E-state index in [0.29, 0.717) is 0 Å². The molecule has 1 aliphatic carbocycles. The van der Waals surface area contributed by atoms with Gasteiger partial charge in [0, 0.05) is 22.2 Å². The molecule has 0 saturated heterocycles. The summed E-state index contributed by atoms with van der Waals surface area (Å²) in [5.41, 5.74) is 26.0. The van der Waals surface area contributed by atoms with Gasteiger partial charge in [-0.1, -0.05) is 248 Å². The van der Waals surface area contributed by atoms with Gasteiger partial charge in [-0.2, -0.15) is 0 Å². The monoisotopic (exact) mass is 923 g/mol. The molecule has 10 aromatic carbocycles. The van der Waals surface area contributed by atoms with Crippen LogP contribution in [0.15, 0.2) is 218 Å². The van der Waals surface area contributed by atoms with E-state index in [1.165, 1.54) is 133 Å². The summed E-state index contributed by atoms with van der Waals surface area (Å²) in [6.45, 7) is 14.8. The fourth-order valence-electron chi connectivity index (χ4n) is 13.4. The fourth-order valence-corrected chi connectivity index (χ4v) is 13.4. The van der Waals surface area contributed by atoms with Crippen LogP contribution in [0, 0.1) is 0 Å². The molecule has 10 aromatic rings. The van der Waals surface area contributed by atoms with Gasteiger partial charge >= 0.3 is 0 Å². The number of para-hydroxylation sites is 1. The van der Waals surface area contributed by atoms with Crippen LogP contribution in [0.1, 0.15) is 98.4 Å². The van der Waals surface area contributed by atoms with Crippen molar-refractivity contribution >= 4 is 44.2 Å². The van der Waals surface area contributed by atoms with Gasteiger partial charge in [0.05, 0.1) is 17.1 Å². The quantitative estimate of drug-likeness (QED) is 0.161. The van der Waals surface area contributed by atoms with Crippen molar-refractivity contribution in [1.29, 1.82) is 0 Å². The van der Waals surface area contributed by atoms with Gasteiger partial charge in [-0.3, -0.25) is 0 Å². The van der Waals surface area contributed by atoms with Crippen molar-refractivity contribution in [3.63, 3.8) is 0 Å². The van der Waals surface area contributed by atoms with Crippen LogP contribution in [-0.4, -0.2) is 0 Å². The Bertz CT molecular complexity index is 3950. The lowest BCUT2D eigenvalue weighted by atomic mass is 9.60. The minimum atomic E-state index is -0.273. The van der Waals surface area contributed by atoms with Gasteiger partial charge < -0.3 is 4.90 Å². The number of fused-ring (bicyclic) bond motifs is 2. The normalized spacial score (nSPS) is 17.2. The molecule has 346 valence electrons. The molecule has 0 bridgehead atoms. The number of hydrogen-bond donors (Lipinski definition) is 0. The third-order valence-electron chi connectivity index (χ3n) is 17.4. The molecular formula is C71H57N. The molecule has 0 saturated carbocycles. The first-order valence-corrected chi connectivity index (χ1v) is 25.9. The summed E-state index contributed by atoms with van der Waals surface area (Å²) in [4.78, 5) is 2.71. The van der Waals surface area contributed by atoms with Crippen molar-refractivity contribution in [2.45, 2.75) is 70.1 Å². The Hall–Kier alpha value is -8.00. The predicted octanol–water partition coefficient (Wildman–Crippen LogP) is 19.2. The minimum absolute atomic E-state index is 0.198. The average Bonchev–Trinajstić information content (AvgIpc) is 3.42. The first-order valence-electron chi connectivity index (χ1n) is 25.9. The highest BCUT2D eigenvalue weighted by molar-refractivity contribution is 6.06. The summed E-state index contributed by atoms with van der Waals surface area (Å²) in [5.74, 6) is 0.262. The third kappa shape index (κ3) is 6.13. The lowest BCUT2D eigenvalue weighted by Crippen LogP contribution is -2.43. The molecule has 3 heterocycles. The smallest absolute Gasteiger partial charge is 0.0544 e. The topological polar surface area (TPSA) is 3.24 Å². The predicted molar refractivity (Wildman–Crippen MR) is 305 cm³/mol. The van der Waals surface area contributed by atoms with Crippen LogP contribution in [0.4, 0.5) is 17.1 Å². The Morgan fingerprint density at radius 2 is 0.736 bits per heavy atom. The Morgan fingerprint density at radius 3 is 1.21 bits per heavy atom. The van der Waals surface area contributed by atoms with E-state index in [2.05, 4.69) is 265 Å². The molecule has 3 aliphatic heterocycles. The minimum Gasteiger partial charge on any atom is -0.309 e. The third-order valence-corrected chi connectivity index (χ3v) is 17.4. The largest absolute Gasteiger partial charge is 0.309 e. The van der Waals surface area contributed by atoms with E-state index in [9.17, 15) is 0 Å². The standard InChI is InChI=1S/C71H57N/c1-69(2)60-30-17-31-61-66(60)72-67-62(69)40-50(44-32-36-48(37-33-44)54-24-15-26-56-52(22-13-28-58(54)56)46-18-9-7-10-19-46)42-64(67)71(5,6)65-43-51(41-63(68(65)72)70(61,3)4)45-34-38-49(39-35-45)55-25-16-27-57-53(23-14-29-59(55)57)47-20-11-8-12-21-47/h7-34,36-43,45H,35H2,1-6H3. The van der Waals surface area contributed by atoms with Crippen molar-refractivity contribution < 1.29 is 0 Å². The van der Waals surface area contributed by atoms with Crippen LogP contribution < -0.4 is 4.90 Å². The number of anilines is 3. The van der Waals surface area contributed by atoms with Crippen molar-refractivity contribution in [3.05, 3.63) is 263 Å². The number of rotatable bonds is 6. The number of hydrogen-bond acceptors (Lipinski definition) is 1. The van der Waals surface area contributed by atoms with Crippen LogP contribution in [0.3, 0.4) is 0 Å². The molecule has 1 atom stereocenters. The highest BCUT2D eigenvalue weighted by Gasteiger charge is 2.52. The van der Waals surface area contributed by atoms with Gasteiger partial charge in [0.2, 0.25) is 0 Å². The van der Waals surface area contributed by atoms with E-state index in [4.69, 9.17) is 0 Å². The molecule has 1 unspecified atom stereocenters. The second-order valence-electron chi connectivity index (χ2n) is 22.4. The molecule has 1 nitrogen and oxygen atoms in total. The highest BCUT2D eigenvalue weighted by atomic mass is 15.2. The summed E-state index contributed by atoms with van der Waals surface area (Å²) < 4.78 is 0. The van der Waals surface area contributed by atoms with E-state index in [0.717, 1.165) is 6.42 Å². The maximum absolute atomic E-state index is 2.71. The van der Waals surface area contributed by atoms with Crippen LogP contribution in [-0.2, 0) is 16.2 Å². The van der Waals surface area contributed by atoms with Gasteiger partial charge in [-0.15, -0.1) is 0 Å². The van der Waals surface area contributed by atoms with Crippen LogP contribution in [0.5, 0.6) is 0 Å². The molecule has 14 rings (SSSR count). The Kier molecular flexibility index (Phi) is 9.22. The Labute approximate surface area is 424 Å². The van der Waals surface area contributed by atoms with Gasteiger partial charge in [0.25, 0.3) is 0 Å². The van der Waals surface area contributed by atoms with Crippen LogP contribution >= 0.6 is 0 Å². The summed E-state index contributed by atoms with van der Waals surface area (Å²) in [7, 11) is 0. The fraction of sp³-hybridized carbons (Fsp3) is 0.155. The maximum atomic E-state index is 2.71. The molecular weight excluding hydrogens is 867 g/mol. The lowest BCUT2D eigenvalue weighted by molar-refractivity contribution is 0.565. The van der Waals surface area contributed by atoms with Crippen molar-refractivity contribution in [1.82, 2.24) is 0 Å². The van der Waals surface area contributed by atoms with Gasteiger partial charge in [-0.25, -0.2) is 0 Å². The van der Waals surface area contributed by atoms with E-state index in [1.54, 1.807) is 0 Å². The zero-order valence-corrected chi connectivity index (χ0v) is 42.0. The zero-order valence-electron chi connectivity index (χ0n) is 42.0. The summed E-state index contributed by atoms with van der Waals surface area (Å²) in [6, 6.07) is 75.3. The second kappa shape index (κ2) is 15.5. The van der Waals surface area contributed by atoms with E-state index in [1.807, 2.05) is 0 Å². The van der Waals surface area contributed by atoms with Gasteiger partial charge in [0.1, 0.15) is 0 Å². The number of allylic oxidation sites excluding steroid dienone is 4.